The third-order valence-electron chi connectivity index (χ3n) is 5.28. The number of carbonyl (C=O) groups excluding carboxylic acids is 1. The van der Waals surface area contributed by atoms with Crippen molar-refractivity contribution in [1.29, 1.82) is 0 Å². The molecule has 28 heavy (non-hydrogen) atoms. The minimum Gasteiger partial charge on any atom is -0.383 e. The summed E-state index contributed by atoms with van der Waals surface area (Å²) in [6.45, 7) is 7.68. The molecule has 0 radical (unpaired) electrons. The SMILES string of the molecule is COC[C@@H](C)NC(=O)CN(C1CCCCC1)S(=O)(=O)c1c(C)cc(C)cc1C. The van der Waals surface area contributed by atoms with E-state index < -0.39 is 10.0 Å². The Morgan fingerprint density at radius 3 is 2.29 bits per heavy atom. The number of rotatable bonds is 8. The maximum absolute atomic E-state index is 13.7. The summed E-state index contributed by atoms with van der Waals surface area (Å²) in [5.74, 6) is -0.291. The van der Waals surface area contributed by atoms with Crippen LogP contribution in [0.25, 0.3) is 0 Å². The molecule has 158 valence electrons. The molecule has 1 aliphatic carbocycles. The molecule has 0 spiro atoms. The molecule has 6 nitrogen and oxygen atoms in total. The minimum absolute atomic E-state index is 0.137. The van der Waals surface area contributed by atoms with Crippen LogP contribution in [0.2, 0.25) is 0 Å². The molecule has 1 saturated carbocycles. The molecule has 1 amide bonds. The summed E-state index contributed by atoms with van der Waals surface area (Å²) in [4.78, 5) is 12.9. The first kappa shape index (κ1) is 22.8. The highest BCUT2D eigenvalue weighted by Crippen LogP contribution is 2.31. The number of methoxy groups -OCH3 is 1. The Morgan fingerprint density at radius 1 is 1.18 bits per heavy atom. The van der Waals surface area contributed by atoms with E-state index in [0.717, 1.165) is 48.8 Å². The molecule has 0 saturated heterocycles. The van der Waals surface area contributed by atoms with Gasteiger partial charge in [0.15, 0.2) is 0 Å². The smallest absolute Gasteiger partial charge is 0.244 e. The third kappa shape index (κ3) is 5.55. The molecule has 1 aromatic carbocycles. The van der Waals surface area contributed by atoms with Gasteiger partial charge in [0.2, 0.25) is 15.9 Å². The average Bonchev–Trinajstić information content (AvgIpc) is 2.59. The van der Waals surface area contributed by atoms with Crippen molar-refractivity contribution < 1.29 is 17.9 Å². The maximum atomic E-state index is 13.7. The molecule has 1 aliphatic rings. The summed E-state index contributed by atoms with van der Waals surface area (Å²) in [5.41, 5.74) is 2.49. The van der Waals surface area contributed by atoms with Crippen molar-refractivity contribution >= 4 is 15.9 Å². The van der Waals surface area contributed by atoms with E-state index in [1.165, 1.54) is 4.31 Å². The van der Waals surface area contributed by atoms with Gasteiger partial charge in [-0.05, 0) is 51.7 Å². The molecule has 1 N–H and O–H groups in total. The number of hydrogen-bond acceptors (Lipinski definition) is 4. The van der Waals surface area contributed by atoms with Crippen molar-refractivity contribution in [3.63, 3.8) is 0 Å². The number of aryl methyl sites for hydroxylation is 3. The summed E-state index contributed by atoms with van der Waals surface area (Å²) >= 11 is 0. The Hall–Kier alpha value is -1.44. The van der Waals surface area contributed by atoms with Gasteiger partial charge >= 0.3 is 0 Å². The summed E-state index contributed by atoms with van der Waals surface area (Å²) in [6, 6.07) is 3.47. The largest absolute Gasteiger partial charge is 0.383 e. The summed E-state index contributed by atoms with van der Waals surface area (Å²) in [5, 5.41) is 2.84. The van der Waals surface area contributed by atoms with Gasteiger partial charge in [-0.3, -0.25) is 4.79 Å². The highest BCUT2D eigenvalue weighted by Gasteiger charge is 2.35. The topological polar surface area (TPSA) is 75.7 Å². The lowest BCUT2D eigenvalue weighted by Crippen LogP contribution is -2.49. The zero-order chi connectivity index (χ0) is 20.9. The number of hydrogen-bond donors (Lipinski definition) is 1. The monoisotopic (exact) mass is 410 g/mol. The minimum atomic E-state index is -3.78. The van der Waals surface area contributed by atoms with Gasteiger partial charge in [-0.25, -0.2) is 8.42 Å². The zero-order valence-corrected chi connectivity index (χ0v) is 18.6. The van der Waals surface area contributed by atoms with Gasteiger partial charge < -0.3 is 10.1 Å². The molecule has 0 unspecified atom stereocenters. The van der Waals surface area contributed by atoms with E-state index in [0.29, 0.717) is 11.5 Å². The highest BCUT2D eigenvalue weighted by molar-refractivity contribution is 7.89. The van der Waals surface area contributed by atoms with Gasteiger partial charge in [-0.15, -0.1) is 0 Å². The molecular formula is C21H34N2O4S. The second-order valence-corrected chi connectivity index (χ2v) is 9.82. The molecule has 0 aliphatic heterocycles. The number of sulfonamides is 1. The Morgan fingerprint density at radius 2 is 1.75 bits per heavy atom. The van der Waals surface area contributed by atoms with E-state index in [9.17, 15) is 13.2 Å². The fourth-order valence-corrected chi connectivity index (χ4v) is 6.28. The van der Waals surface area contributed by atoms with Crippen LogP contribution < -0.4 is 5.32 Å². The number of carbonyl (C=O) groups is 1. The van der Waals surface area contributed by atoms with Crippen LogP contribution in [-0.2, 0) is 19.6 Å². The van der Waals surface area contributed by atoms with Gasteiger partial charge in [0.25, 0.3) is 0 Å². The van der Waals surface area contributed by atoms with Crippen molar-refractivity contribution in [2.45, 2.75) is 76.8 Å². The van der Waals surface area contributed by atoms with Crippen LogP contribution in [0, 0.1) is 20.8 Å². The van der Waals surface area contributed by atoms with Crippen molar-refractivity contribution in [2.24, 2.45) is 0 Å². The van der Waals surface area contributed by atoms with Gasteiger partial charge in [0.05, 0.1) is 18.0 Å². The number of amides is 1. The van der Waals surface area contributed by atoms with E-state index in [2.05, 4.69) is 5.32 Å². The van der Waals surface area contributed by atoms with Crippen LogP contribution in [-0.4, -0.2) is 51.0 Å². The predicted octanol–water partition coefficient (Wildman–Crippen LogP) is 3.09. The molecule has 0 bridgehead atoms. The first-order valence-electron chi connectivity index (χ1n) is 10.0. The summed E-state index contributed by atoms with van der Waals surface area (Å²) in [7, 11) is -2.21. The predicted molar refractivity (Wildman–Crippen MR) is 111 cm³/mol. The lowest BCUT2D eigenvalue weighted by atomic mass is 9.95. The standard InChI is InChI=1S/C21H34N2O4S/c1-15-11-16(2)21(17(3)12-15)28(25,26)23(19-9-7-6-8-10-19)13-20(24)22-18(4)14-27-5/h11-12,18-19H,6-10,13-14H2,1-5H3,(H,22,24)/t18-/m1/s1. The molecule has 1 atom stereocenters. The third-order valence-corrected chi connectivity index (χ3v) is 7.48. The molecule has 0 aromatic heterocycles. The zero-order valence-electron chi connectivity index (χ0n) is 17.7. The molecule has 1 fully saturated rings. The Kier molecular flexibility index (Phi) is 8.04. The molecule has 0 heterocycles. The van der Waals surface area contributed by atoms with Gasteiger partial charge in [-0.2, -0.15) is 4.31 Å². The Balaban J connectivity index is 2.36. The number of nitrogens with one attached hydrogen (secondary N) is 1. The van der Waals surface area contributed by atoms with E-state index in [1.807, 2.05) is 39.8 Å². The van der Waals surface area contributed by atoms with Crippen molar-refractivity contribution in [1.82, 2.24) is 9.62 Å². The average molecular weight is 411 g/mol. The van der Waals surface area contributed by atoms with E-state index in [-0.39, 0.29) is 24.5 Å². The van der Waals surface area contributed by atoms with Crippen LogP contribution in [0.15, 0.2) is 17.0 Å². The molecular weight excluding hydrogens is 376 g/mol. The number of nitrogens with zero attached hydrogens (tertiary/aromatic N) is 1. The van der Waals surface area contributed by atoms with Crippen LogP contribution in [0.3, 0.4) is 0 Å². The van der Waals surface area contributed by atoms with Crippen molar-refractivity contribution in [3.05, 3.63) is 28.8 Å². The van der Waals surface area contributed by atoms with Crippen LogP contribution in [0.4, 0.5) is 0 Å². The van der Waals surface area contributed by atoms with Crippen molar-refractivity contribution in [3.8, 4) is 0 Å². The fourth-order valence-electron chi connectivity index (χ4n) is 4.22. The van der Waals surface area contributed by atoms with Crippen LogP contribution in [0.1, 0.15) is 55.7 Å². The molecule has 1 aromatic rings. The first-order chi connectivity index (χ1) is 13.2. The van der Waals surface area contributed by atoms with Crippen molar-refractivity contribution in [2.75, 3.05) is 20.3 Å². The van der Waals surface area contributed by atoms with Gasteiger partial charge in [-0.1, -0.05) is 37.0 Å². The normalized spacial score (nSPS) is 16.9. The van der Waals surface area contributed by atoms with Gasteiger partial charge in [0, 0.05) is 19.2 Å². The van der Waals surface area contributed by atoms with E-state index in [1.54, 1.807) is 7.11 Å². The van der Waals surface area contributed by atoms with Gasteiger partial charge in [0.1, 0.15) is 0 Å². The highest BCUT2D eigenvalue weighted by atomic mass is 32.2. The van der Waals surface area contributed by atoms with Crippen LogP contribution >= 0.6 is 0 Å². The summed E-state index contributed by atoms with van der Waals surface area (Å²) < 4.78 is 33.8. The number of benzene rings is 1. The second-order valence-electron chi connectivity index (χ2n) is 7.99. The summed E-state index contributed by atoms with van der Waals surface area (Å²) in [6.07, 6.45) is 4.69. The van der Waals surface area contributed by atoms with E-state index in [4.69, 9.17) is 4.74 Å². The first-order valence-corrected chi connectivity index (χ1v) is 11.5. The molecule has 7 heteroatoms. The second kappa shape index (κ2) is 9.85. The molecule has 2 rings (SSSR count). The lowest BCUT2D eigenvalue weighted by molar-refractivity contribution is -0.122. The fraction of sp³-hybridized carbons (Fsp3) is 0.667. The van der Waals surface area contributed by atoms with E-state index >= 15 is 0 Å². The maximum Gasteiger partial charge on any atom is 0.244 e. The Labute approximate surface area is 169 Å². The Bertz CT molecular complexity index is 763. The number of ether oxygens (including phenoxy) is 1. The van der Waals surface area contributed by atoms with Crippen LogP contribution in [0.5, 0.6) is 0 Å². The lowest BCUT2D eigenvalue weighted by Gasteiger charge is -2.34. The quantitative estimate of drug-likeness (QED) is 0.715.